The molecule has 0 saturated heterocycles. The number of hydrogen-bond acceptors (Lipinski definition) is 8. The average Bonchev–Trinajstić information content (AvgIpc) is 3.49. The summed E-state index contributed by atoms with van der Waals surface area (Å²) < 4.78 is 17.3. The van der Waals surface area contributed by atoms with Crippen LogP contribution in [-0.4, -0.2) is 83.6 Å². The van der Waals surface area contributed by atoms with Gasteiger partial charge in [0.2, 0.25) is 12.7 Å². The van der Waals surface area contributed by atoms with Crippen LogP contribution in [0.2, 0.25) is 0 Å². The first-order valence-corrected chi connectivity index (χ1v) is 14.8. The van der Waals surface area contributed by atoms with Crippen molar-refractivity contribution in [3.8, 4) is 17.2 Å². The summed E-state index contributed by atoms with van der Waals surface area (Å²) in [6, 6.07) is 16.2. The minimum absolute atomic E-state index is 0.0319. The molecular formula is C33H38N4O8. The zero-order valence-corrected chi connectivity index (χ0v) is 25.5. The van der Waals surface area contributed by atoms with Crippen LogP contribution in [-0.2, 0) is 17.8 Å². The molecule has 3 amide bonds. The van der Waals surface area contributed by atoms with Crippen LogP contribution in [0.1, 0.15) is 35.3 Å². The van der Waals surface area contributed by atoms with Gasteiger partial charge in [0.25, 0.3) is 0 Å². The molecule has 0 saturated carbocycles. The minimum atomic E-state index is -0.971. The lowest BCUT2D eigenvalue weighted by atomic mass is 10.0. The maximum Gasteiger partial charge on any atom is 0.335 e. The second kappa shape index (κ2) is 13.9. The highest BCUT2D eigenvalue weighted by atomic mass is 16.7. The number of nitrogens with zero attached hydrogens (tertiary/aromatic N) is 2. The van der Waals surface area contributed by atoms with E-state index in [1.54, 1.807) is 65.6 Å². The second-order valence-electron chi connectivity index (χ2n) is 11.6. The quantitative estimate of drug-likeness (QED) is 0.279. The molecule has 3 atom stereocenters. The zero-order valence-electron chi connectivity index (χ0n) is 25.5. The van der Waals surface area contributed by atoms with Crippen LogP contribution in [0.25, 0.3) is 0 Å². The van der Waals surface area contributed by atoms with E-state index < -0.39 is 12.0 Å². The number of amides is 3. The first-order chi connectivity index (χ1) is 21.6. The van der Waals surface area contributed by atoms with Gasteiger partial charge < -0.3 is 40.0 Å². The van der Waals surface area contributed by atoms with Gasteiger partial charge in [-0.1, -0.05) is 19.1 Å². The van der Waals surface area contributed by atoms with Crippen molar-refractivity contribution in [2.45, 2.75) is 39.0 Å². The molecule has 12 nitrogen and oxygen atoms in total. The summed E-state index contributed by atoms with van der Waals surface area (Å²) >= 11 is 0. The third-order valence-corrected chi connectivity index (χ3v) is 7.95. The molecule has 0 radical (unpaired) electrons. The summed E-state index contributed by atoms with van der Waals surface area (Å²) in [5, 5.41) is 24.7. The monoisotopic (exact) mass is 618 g/mol. The Hall–Kier alpha value is -4.81. The van der Waals surface area contributed by atoms with E-state index in [-0.39, 0.29) is 49.4 Å². The molecule has 238 valence electrons. The number of aliphatic hydroxyl groups is 1. The molecule has 5 rings (SSSR count). The van der Waals surface area contributed by atoms with Crippen LogP contribution < -0.4 is 24.8 Å². The third-order valence-electron chi connectivity index (χ3n) is 7.95. The summed E-state index contributed by atoms with van der Waals surface area (Å²) in [5.41, 5.74) is 2.82. The van der Waals surface area contributed by atoms with Crippen molar-refractivity contribution < 1.29 is 38.8 Å². The van der Waals surface area contributed by atoms with Crippen LogP contribution in [0.15, 0.2) is 60.7 Å². The topological polar surface area (TPSA) is 150 Å². The van der Waals surface area contributed by atoms with Gasteiger partial charge >= 0.3 is 12.0 Å². The Bertz CT molecular complexity index is 1550. The molecule has 0 fully saturated rings. The van der Waals surface area contributed by atoms with Gasteiger partial charge in [0.1, 0.15) is 11.9 Å². The Morgan fingerprint density at radius 2 is 1.67 bits per heavy atom. The number of ether oxygens (including phenoxy) is 3. The molecule has 3 aromatic carbocycles. The molecular weight excluding hydrogens is 580 g/mol. The molecule has 45 heavy (non-hydrogen) atoms. The molecule has 0 spiro atoms. The molecule has 0 aromatic heterocycles. The predicted octanol–water partition coefficient (Wildman–Crippen LogP) is 4.04. The van der Waals surface area contributed by atoms with Gasteiger partial charge in [-0.15, -0.1) is 0 Å². The Kier molecular flexibility index (Phi) is 9.74. The van der Waals surface area contributed by atoms with Crippen molar-refractivity contribution in [1.29, 1.82) is 0 Å². The number of carbonyl (C=O) groups is 3. The lowest BCUT2D eigenvalue weighted by Crippen LogP contribution is -2.47. The van der Waals surface area contributed by atoms with Crippen molar-refractivity contribution in [3.63, 3.8) is 0 Å². The second-order valence-corrected chi connectivity index (χ2v) is 11.6. The van der Waals surface area contributed by atoms with E-state index >= 15 is 0 Å². The number of nitrogens with one attached hydrogen (secondary N) is 2. The lowest BCUT2D eigenvalue weighted by molar-refractivity contribution is -0.134. The number of aliphatic hydroxyl groups excluding tert-OH is 1. The maximum atomic E-state index is 13.5. The Labute approximate surface area is 261 Å². The maximum absolute atomic E-state index is 13.5. The van der Waals surface area contributed by atoms with Gasteiger partial charge in [0, 0.05) is 48.6 Å². The summed E-state index contributed by atoms with van der Waals surface area (Å²) in [7, 11) is 1.96. The first kappa shape index (κ1) is 31.6. The fourth-order valence-corrected chi connectivity index (χ4v) is 5.43. The third kappa shape index (κ3) is 7.83. The number of hydrogen-bond donors (Lipinski definition) is 4. The number of benzene rings is 3. The predicted molar refractivity (Wildman–Crippen MR) is 167 cm³/mol. The van der Waals surface area contributed by atoms with E-state index in [4.69, 9.17) is 14.2 Å². The average molecular weight is 619 g/mol. The van der Waals surface area contributed by atoms with Crippen molar-refractivity contribution in [2.24, 2.45) is 5.92 Å². The van der Waals surface area contributed by atoms with E-state index in [9.17, 15) is 24.6 Å². The largest absolute Gasteiger partial charge is 0.488 e. The number of likely N-dealkylation sites (N-methyl/N-ethyl adjacent to an activating group) is 1. The molecule has 2 aliphatic rings. The molecule has 2 aliphatic heterocycles. The van der Waals surface area contributed by atoms with E-state index in [2.05, 4.69) is 15.5 Å². The summed E-state index contributed by atoms with van der Waals surface area (Å²) in [6.45, 7) is 5.27. The minimum Gasteiger partial charge on any atom is -0.488 e. The van der Waals surface area contributed by atoms with Crippen molar-refractivity contribution >= 4 is 29.3 Å². The van der Waals surface area contributed by atoms with Crippen molar-refractivity contribution in [1.82, 2.24) is 9.80 Å². The molecule has 12 heteroatoms. The molecule has 2 heterocycles. The number of anilines is 2. The van der Waals surface area contributed by atoms with Gasteiger partial charge in [-0.3, -0.25) is 9.69 Å². The van der Waals surface area contributed by atoms with Crippen LogP contribution >= 0.6 is 0 Å². The molecule has 0 aliphatic carbocycles. The smallest absolute Gasteiger partial charge is 0.335 e. The highest BCUT2D eigenvalue weighted by Crippen LogP contribution is 2.34. The van der Waals surface area contributed by atoms with E-state index in [1.165, 1.54) is 0 Å². The number of carboxylic acid groups (broad SMARTS) is 1. The van der Waals surface area contributed by atoms with Crippen molar-refractivity contribution in [2.75, 3.05) is 44.2 Å². The number of carboxylic acids is 1. The lowest BCUT2D eigenvalue weighted by Gasteiger charge is -2.34. The van der Waals surface area contributed by atoms with Crippen LogP contribution in [0, 0.1) is 5.92 Å². The number of urea groups is 1. The number of aromatic carboxylic acids is 1. The number of carbonyl (C=O) groups excluding carboxylic acids is 2. The van der Waals surface area contributed by atoms with Crippen LogP contribution in [0.5, 0.6) is 17.2 Å². The van der Waals surface area contributed by atoms with Crippen molar-refractivity contribution in [3.05, 3.63) is 77.4 Å². The molecule has 0 bridgehead atoms. The molecule has 4 N–H and O–H groups in total. The number of rotatable bonds is 9. The summed E-state index contributed by atoms with van der Waals surface area (Å²) in [5.74, 6) is 0.494. The SMILES string of the molecule is C[C@H]1CN([C@@H](C)CO)C(=O)Cc2cc(NC(=O)Nc3ccc4c(c3)OCO4)ccc2O[C@@H]1CN(C)Cc1ccc(C(=O)O)cc1. The van der Waals surface area contributed by atoms with E-state index in [0.29, 0.717) is 53.8 Å². The van der Waals surface area contributed by atoms with E-state index in [0.717, 1.165) is 5.56 Å². The van der Waals surface area contributed by atoms with Gasteiger partial charge in [0.15, 0.2) is 11.5 Å². The van der Waals surface area contributed by atoms with Gasteiger partial charge in [-0.05, 0) is 62.0 Å². The Morgan fingerprint density at radius 3 is 2.36 bits per heavy atom. The van der Waals surface area contributed by atoms with Gasteiger partial charge in [-0.2, -0.15) is 0 Å². The molecule has 0 unspecified atom stereocenters. The normalized spacial score (nSPS) is 18.2. The van der Waals surface area contributed by atoms with Gasteiger partial charge in [-0.25, -0.2) is 9.59 Å². The molecule has 3 aromatic rings. The highest BCUT2D eigenvalue weighted by Gasteiger charge is 2.31. The van der Waals surface area contributed by atoms with Crippen LogP contribution in [0.3, 0.4) is 0 Å². The standard InChI is InChI=1S/C33H38N4O8/c1-20-15-37(21(2)18-38)31(39)13-24-12-25(34-33(42)35-26-9-11-28-29(14-26)44-19-43-28)8-10-27(24)45-30(20)17-36(3)16-22-4-6-23(7-5-22)32(40)41/h4-12,14,20-21,30,38H,13,15-19H2,1-3H3,(H,40,41)(H2,34,35,42)/t20-,21-,30+/m0/s1. The fourth-order valence-electron chi connectivity index (χ4n) is 5.43. The number of fused-ring (bicyclic) bond motifs is 2. The zero-order chi connectivity index (χ0) is 32.1. The first-order valence-electron chi connectivity index (χ1n) is 14.8. The fraction of sp³-hybridized carbons (Fsp3) is 0.364. The van der Waals surface area contributed by atoms with E-state index in [1.807, 2.05) is 20.9 Å². The van der Waals surface area contributed by atoms with Gasteiger partial charge in [0.05, 0.1) is 24.6 Å². The highest BCUT2D eigenvalue weighted by molar-refractivity contribution is 6.00. The Morgan fingerprint density at radius 1 is 1.00 bits per heavy atom. The summed E-state index contributed by atoms with van der Waals surface area (Å²) in [6.07, 6.45) is -0.288. The Balaban J connectivity index is 1.33. The summed E-state index contributed by atoms with van der Waals surface area (Å²) in [4.78, 5) is 41.4. The van der Waals surface area contributed by atoms with Crippen LogP contribution in [0.4, 0.5) is 16.2 Å².